The van der Waals surface area contributed by atoms with Gasteiger partial charge in [0.15, 0.2) is 5.54 Å². The van der Waals surface area contributed by atoms with Gasteiger partial charge in [-0.2, -0.15) is 0 Å². The van der Waals surface area contributed by atoms with Crippen molar-refractivity contribution in [2.24, 2.45) is 5.92 Å². The Labute approximate surface area is 237 Å². The minimum atomic E-state index is -1.49. The first-order valence-corrected chi connectivity index (χ1v) is 13.3. The van der Waals surface area contributed by atoms with Gasteiger partial charge >= 0.3 is 11.9 Å². The van der Waals surface area contributed by atoms with Crippen LogP contribution in [0.4, 0.5) is 4.39 Å². The maximum atomic E-state index is 14.1. The maximum absolute atomic E-state index is 14.1. The van der Waals surface area contributed by atoms with Crippen LogP contribution in [0.2, 0.25) is 0 Å². The lowest BCUT2D eigenvalue weighted by Gasteiger charge is -2.40. The Morgan fingerprint density at radius 1 is 1.00 bits per heavy atom. The van der Waals surface area contributed by atoms with Gasteiger partial charge in [-0.15, -0.1) is 0 Å². The van der Waals surface area contributed by atoms with E-state index in [4.69, 9.17) is 9.47 Å². The zero-order chi connectivity index (χ0) is 29.5. The van der Waals surface area contributed by atoms with Crippen LogP contribution in [-0.2, 0) is 38.4 Å². The lowest BCUT2D eigenvalue weighted by molar-refractivity contribution is -0.153. The van der Waals surface area contributed by atoms with Crippen molar-refractivity contribution in [3.63, 3.8) is 0 Å². The number of methoxy groups -OCH3 is 2. The number of aromatic nitrogens is 1. The zero-order valence-electron chi connectivity index (χ0n) is 23.4. The van der Waals surface area contributed by atoms with Crippen molar-refractivity contribution in [1.29, 1.82) is 0 Å². The Balaban J connectivity index is 1.72. The monoisotopic (exact) mass is 561 g/mol. The Kier molecular flexibility index (Phi) is 7.42. The van der Waals surface area contributed by atoms with Crippen LogP contribution >= 0.6 is 0 Å². The van der Waals surface area contributed by atoms with Gasteiger partial charge in [-0.05, 0) is 53.8 Å². The summed E-state index contributed by atoms with van der Waals surface area (Å²) in [7, 11) is 5.81. The minimum absolute atomic E-state index is 0.0677. The van der Waals surface area contributed by atoms with E-state index in [0.717, 1.165) is 5.69 Å². The summed E-state index contributed by atoms with van der Waals surface area (Å²) < 4.78 is 25.8. The summed E-state index contributed by atoms with van der Waals surface area (Å²) in [5.41, 5.74) is 1.32. The summed E-state index contributed by atoms with van der Waals surface area (Å²) in [5.74, 6) is -2.91. The molecule has 1 aliphatic heterocycles. The van der Waals surface area contributed by atoms with Gasteiger partial charge in [0, 0.05) is 44.2 Å². The topological polar surface area (TPSA) is 98.1 Å². The molecule has 1 aliphatic carbocycles. The Bertz CT molecular complexity index is 1500. The molecule has 1 fully saturated rings. The Morgan fingerprint density at radius 3 is 2.29 bits per heavy atom. The summed E-state index contributed by atoms with van der Waals surface area (Å²) in [4.78, 5) is 56.7. The molecule has 1 saturated heterocycles. The van der Waals surface area contributed by atoms with Crippen LogP contribution in [0.1, 0.15) is 43.6 Å². The SMILES string of the molecule is COC(=O)Cn1c(C(=O)N(C)C)cc2c1C[C@H]1CN(C(=O)c3ccccc3)[C@@](Cc3ccc(F)cc3)(C(=O)OC)[C@@H]21. The van der Waals surface area contributed by atoms with Gasteiger partial charge in [0.05, 0.1) is 14.2 Å². The quantitative estimate of drug-likeness (QED) is 0.412. The molecule has 0 unspecified atom stereocenters. The summed E-state index contributed by atoms with van der Waals surface area (Å²) in [5, 5.41) is 0. The van der Waals surface area contributed by atoms with Crippen molar-refractivity contribution in [3.05, 3.63) is 94.6 Å². The van der Waals surface area contributed by atoms with Gasteiger partial charge in [0.25, 0.3) is 11.8 Å². The van der Waals surface area contributed by atoms with Crippen LogP contribution in [0.15, 0.2) is 60.7 Å². The van der Waals surface area contributed by atoms with Crippen molar-refractivity contribution < 1.29 is 33.0 Å². The second kappa shape index (κ2) is 10.8. The molecule has 0 radical (unpaired) electrons. The van der Waals surface area contributed by atoms with E-state index in [-0.39, 0.29) is 42.9 Å². The third kappa shape index (κ3) is 4.67. The number of carbonyl (C=O) groups is 4. The van der Waals surface area contributed by atoms with E-state index in [1.807, 2.05) is 0 Å². The predicted molar refractivity (Wildman–Crippen MR) is 147 cm³/mol. The van der Waals surface area contributed by atoms with Gasteiger partial charge in [0.1, 0.15) is 18.1 Å². The molecule has 214 valence electrons. The van der Waals surface area contributed by atoms with E-state index in [0.29, 0.717) is 23.1 Å². The van der Waals surface area contributed by atoms with Gasteiger partial charge < -0.3 is 23.8 Å². The first kappa shape index (κ1) is 28.1. The van der Waals surface area contributed by atoms with Crippen LogP contribution in [-0.4, -0.2) is 78.5 Å². The maximum Gasteiger partial charge on any atom is 0.332 e. The molecule has 9 nitrogen and oxygen atoms in total. The third-order valence-corrected chi connectivity index (χ3v) is 8.25. The van der Waals surface area contributed by atoms with Crippen LogP contribution in [0, 0.1) is 11.7 Å². The molecule has 2 amide bonds. The molecule has 3 aromatic rings. The molecular formula is C31H32FN3O6. The predicted octanol–water partition coefficient (Wildman–Crippen LogP) is 3.07. The van der Waals surface area contributed by atoms with Crippen molar-refractivity contribution in [1.82, 2.24) is 14.4 Å². The number of esters is 2. The second-order valence-electron chi connectivity index (χ2n) is 10.7. The largest absolute Gasteiger partial charge is 0.468 e. The Hall–Kier alpha value is -4.47. The lowest BCUT2D eigenvalue weighted by atomic mass is 9.75. The van der Waals surface area contributed by atoms with E-state index in [1.165, 1.54) is 31.3 Å². The van der Waals surface area contributed by atoms with Crippen LogP contribution in [0.5, 0.6) is 0 Å². The molecule has 0 N–H and O–H groups in total. The van der Waals surface area contributed by atoms with Crippen molar-refractivity contribution in [2.45, 2.75) is 30.8 Å². The summed E-state index contributed by atoms with van der Waals surface area (Å²) in [6.45, 7) is 0.0780. The molecule has 5 rings (SSSR count). The average molecular weight is 562 g/mol. The van der Waals surface area contributed by atoms with E-state index < -0.39 is 29.2 Å². The number of benzene rings is 2. The van der Waals surface area contributed by atoms with Gasteiger partial charge in [-0.1, -0.05) is 30.3 Å². The molecule has 2 aromatic carbocycles. The molecule has 2 aliphatic rings. The number of hydrogen-bond acceptors (Lipinski definition) is 6. The highest BCUT2D eigenvalue weighted by molar-refractivity contribution is 6.00. The molecule has 0 saturated carbocycles. The van der Waals surface area contributed by atoms with E-state index in [2.05, 4.69) is 0 Å². The third-order valence-electron chi connectivity index (χ3n) is 8.25. The molecular weight excluding hydrogens is 529 g/mol. The fraction of sp³-hybridized carbons (Fsp3) is 0.355. The van der Waals surface area contributed by atoms with E-state index in [1.54, 1.807) is 72.1 Å². The van der Waals surface area contributed by atoms with Crippen LogP contribution in [0.3, 0.4) is 0 Å². The number of halogens is 1. The first-order chi connectivity index (χ1) is 19.6. The number of fused-ring (bicyclic) bond motifs is 3. The normalized spacial score (nSPS) is 20.8. The summed E-state index contributed by atoms with van der Waals surface area (Å²) >= 11 is 0. The highest BCUT2D eigenvalue weighted by Crippen LogP contribution is 2.55. The fourth-order valence-electron chi connectivity index (χ4n) is 6.50. The molecule has 1 aromatic heterocycles. The van der Waals surface area contributed by atoms with Gasteiger partial charge in [0.2, 0.25) is 0 Å². The summed E-state index contributed by atoms with van der Waals surface area (Å²) in [6.07, 6.45) is 0.497. The molecule has 10 heteroatoms. The van der Waals surface area contributed by atoms with E-state index in [9.17, 15) is 23.6 Å². The number of hydrogen-bond donors (Lipinski definition) is 0. The molecule has 41 heavy (non-hydrogen) atoms. The van der Waals surface area contributed by atoms with E-state index >= 15 is 0 Å². The smallest absolute Gasteiger partial charge is 0.332 e. The standard InChI is InChI=1S/C31H32FN3O6/c1-33(2)29(38)25-15-23-24(34(25)18-26(36)40-3)14-21-17-35(28(37)20-8-6-5-7-9-20)31(27(21)23,30(39)41-4)16-19-10-12-22(32)13-11-19/h5-13,15,21,27H,14,16-18H2,1-4H3/t21-,27+,31+/m0/s1. The lowest BCUT2D eigenvalue weighted by Crippen LogP contribution is -2.58. The number of amides is 2. The number of rotatable bonds is 7. The number of nitrogens with zero attached hydrogens (tertiary/aromatic N) is 3. The number of likely N-dealkylation sites (tertiary alicyclic amines) is 1. The average Bonchev–Trinajstić information content (AvgIpc) is 3.61. The molecule has 3 atom stereocenters. The highest BCUT2D eigenvalue weighted by Gasteiger charge is 2.64. The van der Waals surface area contributed by atoms with Crippen LogP contribution in [0.25, 0.3) is 0 Å². The van der Waals surface area contributed by atoms with Crippen molar-refractivity contribution in [3.8, 4) is 0 Å². The zero-order valence-corrected chi connectivity index (χ0v) is 23.4. The summed E-state index contributed by atoms with van der Waals surface area (Å²) in [6, 6.07) is 16.3. The second-order valence-corrected chi connectivity index (χ2v) is 10.7. The molecule has 0 spiro atoms. The fourth-order valence-corrected chi connectivity index (χ4v) is 6.50. The highest BCUT2D eigenvalue weighted by atomic mass is 19.1. The van der Waals surface area contributed by atoms with Crippen LogP contribution < -0.4 is 0 Å². The van der Waals surface area contributed by atoms with Crippen molar-refractivity contribution in [2.75, 3.05) is 34.9 Å². The minimum Gasteiger partial charge on any atom is -0.468 e. The number of carbonyl (C=O) groups excluding carboxylic acids is 4. The molecule has 2 heterocycles. The first-order valence-electron chi connectivity index (χ1n) is 13.3. The van der Waals surface area contributed by atoms with Crippen molar-refractivity contribution >= 4 is 23.8 Å². The van der Waals surface area contributed by atoms with Gasteiger partial charge in [-0.25, -0.2) is 9.18 Å². The number of ether oxygens (including phenoxy) is 2. The molecule has 0 bridgehead atoms. The Morgan fingerprint density at radius 2 is 1.68 bits per heavy atom. The van der Waals surface area contributed by atoms with Gasteiger partial charge in [-0.3, -0.25) is 14.4 Å².